The van der Waals surface area contributed by atoms with Crippen LogP contribution in [0.1, 0.15) is 46.8 Å². The Morgan fingerprint density at radius 1 is 1.38 bits per heavy atom. The Bertz CT molecular complexity index is 724. The first-order valence-electron chi connectivity index (χ1n) is 7.76. The van der Waals surface area contributed by atoms with E-state index in [4.69, 9.17) is 14.2 Å². The van der Waals surface area contributed by atoms with Crippen molar-refractivity contribution < 1.29 is 34.0 Å². The van der Waals surface area contributed by atoms with Crippen molar-refractivity contribution in [3.8, 4) is 11.5 Å². The van der Waals surface area contributed by atoms with E-state index in [-0.39, 0.29) is 36.7 Å². The molecule has 2 heterocycles. The highest BCUT2D eigenvalue weighted by molar-refractivity contribution is 5.98. The van der Waals surface area contributed by atoms with E-state index in [2.05, 4.69) is 0 Å². The number of hydrogen-bond donors (Lipinski definition) is 2. The summed E-state index contributed by atoms with van der Waals surface area (Å²) >= 11 is 0. The molecule has 1 fully saturated rings. The molecular weight excluding hydrogens is 316 g/mol. The van der Waals surface area contributed by atoms with Crippen LogP contribution in [0.4, 0.5) is 0 Å². The molecule has 2 aliphatic rings. The zero-order chi connectivity index (χ0) is 17.6. The van der Waals surface area contributed by atoms with Crippen LogP contribution >= 0.6 is 0 Å². The zero-order valence-electron chi connectivity index (χ0n) is 13.8. The maximum Gasteiger partial charge on any atom is 0.342 e. The molecule has 0 amide bonds. The van der Waals surface area contributed by atoms with Gasteiger partial charge in [0.25, 0.3) is 0 Å². The second kappa shape index (κ2) is 5.66. The lowest BCUT2D eigenvalue weighted by Crippen LogP contribution is -2.40. The molecule has 0 unspecified atom stereocenters. The number of cyclic esters (lactones) is 2. The summed E-state index contributed by atoms with van der Waals surface area (Å²) in [6.45, 7) is 3.51. The van der Waals surface area contributed by atoms with Crippen molar-refractivity contribution in [3.05, 3.63) is 22.3 Å². The molecule has 0 aromatic heterocycles. The number of fused-ring (bicyclic) bond motifs is 1. The van der Waals surface area contributed by atoms with Crippen LogP contribution in [0.3, 0.4) is 0 Å². The maximum atomic E-state index is 11.9. The Labute approximate surface area is 139 Å². The van der Waals surface area contributed by atoms with Crippen molar-refractivity contribution in [2.24, 2.45) is 0 Å². The van der Waals surface area contributed by atoms with Crippen molar-refractivity contribution in [3.63, 3.8) is 0 Å². The topological polar surface area (TPSA) is 102 Å². The van der Waals surface area contributed by atoms with Crippen molar-refractivity contribution in [2.45, 2.75) is 51.4 Å². The average Bonchev–Trinajstić information content (AvgIpc) is 3.09. The minimum absolute atomic E-state index is 0.0137. The van der Waals surface area contributed by atoms with E-state index in [1.807, 2.05) is 0 Å². The number of phenols is 1. The summed E-state index contributed by atoms with van der Waals surface area (Å²) in [6, 6.07) is 0. The summed E-state index contributed by atoms with van der Waals surface area (Å²) in [5.74, 6) is -0.803. The molecule has 7 nitrogen and oxygen atoms in total. The van der Waals surface area contributed by atoms with Gasteiger partial charge in [-0.05, 0) is 25.8 Å². The predicted molar refractivity (Wildman–Crippen MR) is 82.0 cm³/mol. The molecule has 1 aromatic rings. The molecule has 0 spiro atoms. The molecule has 7 heteroatoms. The van der Waals surface area contributed by atoms with E-state index in [1.165, 1.54) is 7.11 Å². The number of aliphatic hydroxyl groups is 1. The number of hydrogen-bond acceptors (Lipinski definition) is 7. The molecule has 2 N–H and O–H groups in total. The summed E-state index contributed by atoms with van der Waals surface area (Å²) < 4.78 is 15.6. The fraction of sp³-hybridized carbons (Fsp3) is 0.529. The number of carbonyl (C=O) groups excluding carboxylic acids is 2. The summed E-state index contributed by atoms with van der Waals surface area (Å²) in [4.78, 5) is 23.3. The highest BCUT2D eigenvalue weighted by Gasteiger charge is 2.43. The fourth-order valence-electron chi connectivity index (χ4n) is 3.38. The van der Waals surface area contributed by atoms with Crippen LogP contribution in [0.15, 0.2) is 0 Å². The quantitative estimate of drug-likeness (QED) is 0.801. The first kappa shape index (κ1) is 16.6. The Kier molecular flexibility index (Phi) is 3.91. The third-order valence-electron chi connectivity index (χ3n) is 4.92. The van der Waals surface area contributed by atoms with Gasteiger partial charge in [0, 0.05) is 24.0 Å². The van der Waals surface area contributed by atoms with Crippen LogP contribution in [-0.2, 0) is 27.3 Å². The Hall–Kier alpha value is -2.28. The molecule has 1 saturated heterocycles. The van der Waals surface area contributed by atoms with Crippen molar-refractivity contribution in [2.75, 3.05) is 7.11 Å². The smallest absolute Gasteiger partial charge is 0.342 e. The minimum Gasteiger partial charge on any atom is -0.507 e. The number of aromatic hydroxyl groups is 1. The van der Waals surface area contributed by atoms with Crippen LogP contribution < -0.4 is 4.74 Å². The first-order chi connectivity index (χ1) is 11.3. The first-order valence-corrected chi connectivity index (χ1v) is 7.76. The molecule has 3 rings (SSSR count). The van der Waals surface area contributed by atoms with Crippen LogP contribution in [0, 0.1) is 6.92 Å². The van der Waals surface area contributed by atoms with Gasteiger partial charge in [-0.25, -0.2) is 4.79 Å². The van der Waals surface area contributed by atoms with Crippen molar-refractivity contribution in [1.29, 1.82) is 0 Å². The van der Waals surface area contributed by atoms with Gasteiger partial charge in [-0.1, -0.05) is 0 Å². The van der Waals surface area contributed by atoms with Gasteiger partial charge in [-0.3, -0.25) is 4.79 Å². The van der Waals surface area contributed by atoms with Gasteiger partial charge in [0.1, 0.15) is 29.3 Å². The Morgan fingerprint density at radius 3 is 2.67 bits per heavy atom. The molecule has 2 aliphatic heterocycles. The van der Waals surface area contributed by atoms with Crippen LogP contribution in [-0.4, -0.2) is 41.0 Å². The van der Waals surface area contributed by atoms with Crippen molar-refractivity contribution >= 4 is 11.9 Å². The number of aliphatic hydroxyl groups excluding tert-OH is 1. The van der Waals surface area contributed by atoms with E-state index < -0.39 is 17.7 Å². The molecule has 1 aromatic carbocycles. The lowest BCUT2D eigenvalue weighted by atomic mass is 9.87. The molecular formula is C17H20O7. The number of ether oxygens (including phenoxy) is 3. The summed E-state index contributed by atoms with van der Waals surface area (Å²) in [6.07, 6.45) is -0.423. The molecule has 24 heavy (non-hydrogen) atoms. The lowest BCUT2D eigenvalue weighted by molar-refractivity contribution is -0.156. The van der Waals surface area contributed by atoms with Gasteiger partial charge < -0.3 is 24.4 Å². The minimum atomic E-state index is -1.04. The Balaban J connectivity index is 2.02. The molecule has 0 radical (unpaired) electrons. The lowest BCUT2D eigenvalue weighted by Gasteiger charge is -2.29. The molecule has 2 atom stereocenters. The van der Waals surface area contributed by atoms with Gasteiger partial charge in [0.15, 0.2) is 0 Å². The molecule has 130 valence electrons. The van der Waals surface area contributed by atoms with E-state index in [0.29, 0.717) is 28.9 Å². The van der Waals surface area contributed by atoms with Crippen LogP contribution in [0.25, 0.3) is 0 Å². The number of benzene rings is 1. The fourth-order valence-corrected chi connectivity index (χ4v) is 3.38. The maximum absolute atomic E-state index is 11.9. The second-order valence-electron chi connectivity index (χ2n) is 6.42. The monoisotopic (exact) mass is 336 g/mol. The largest absolute Gasteiger partial charge is 0.507 e. The highest BCUT2D eigenvalue weighted by Crippen LogP contribution is 2.43. The number of rotatable bonds is 4. The predicted octanol–water partition coefficient (Wildman–Crippen LogP) is 1.38. The number of methoxy groups -OCH3 is 1. The summed E-state index contributed by atoms with van der Waals surface area (Å²) in [5.41, 5.74) is 0.675. The summed E-state index contributed by atoms with van der Waals surface area (Å²) in [7, 11) is 1.46. The van der Waals surface area contributed by atoms with Gasteiger partial charge >= 0.3 is 11.9 Å². The third kappa shape index (κ3) is 2.39. The molecule has 0 saturated carbocycles. The summed E-state index contributed by atoms with van der Waals surface area (Å²) in [5, 5.41) is 21.1. The molecule has 0 bridgehead atoms. The zero-order valence-corrected chi connectivity index (χ0v) is 13.8. The number of esters is 2. The SMILES string of the molecule is COc1c(C)c2c(c(O)c1C[C@@H](O)[C@]1(C)CCC(=O)O1)C(=O)OC2. The Morgan fingerprint density at radius 2 is 2.08 bits per heavy atom. The third-order valence-corrected chi connectivity index (χ3v) is 4.92. The van der Waals surface area contributed by atoms with Gasteiger partial charge in [-0.15, -0.1) is 0 Å². The van der Waals surface area contributed by atoms with E-state index in [0.717, 1.165) is 0 Å². The van der Waals surface area contributed by atoms with Gasteiger partial charge in [0.05, 0.1) is 13.2 Å². The van der Waals surface area contributed by atoms with E-state index >= 15 is 0 Å². The number of carbonyl (C=O) groups is 2. The van der Waals surface area contributed by atoms with Gasteiger partial charge in [-0.2, -0.15) is 0 Å². The normalized spacial score (nSPS) is 23.7. The van der Waals surface area contributed by atoms with E-state index in [9.17, 15) is 19.8 Å². The van der Waals surface area contributed by atoms with Gasteiger partial charge in [0.2, 0.25) is 0 Å². The van der Waals surface area contributed by atoms with Crippen LogP contribution in [0.5, 0.6) is 11.5 Å². The number of phenolic OH excluding ortho intramolecular Hbond substituents is 1. The standard InChI is InChI=1S/C17H20O7/c1-8-10-7-23-16(21)13(10)14(20)9(15(8)22-3)6-11(18)17(2)5-4-12(19)24-17/h11,18,20H,4-7H2,1-3H3/t11-,17+/m1/s1. The van der Waals surface area contributed by atoms with Crippen LogP contribution in [0.2, 0.25) is 0 Å². The second-order valence-corrected chi connectivity index (χ2v) is 6.42. The average molecular weight is 336 g/mol. The van der Waals surface area contributed by atoms with E-state index in [1.54, 1.807) is 13.8 Å². The molecule has 0 aliphatic carbocycles. The highest BCUT2D eigenvalue weighted by atomic mass is 16.6. The van der Waals surface area contributed by atoms with Crippen molar-refractivity contribution in [1.82, 2.24) is 0 Å².